The molecule has 1 aromatic rings. The van der Waals surface area contributed by atoms with Gasteiger partial charge in [-0.3, -0.25) is 4.79 Å². The lowest BCUT2D eigenvalue weighted by molar-refractivity contribution is -0.127. The van der Waals surface area contributed by atoms with Crippen LogP contribution in [0.4, 0.5) is 0 Å². The molecule has 0 unspecified atom stereocenters. The van der Waals surface area contributed by atoms with Gasteiger partial charge in [-0.1, -0.05) is 26.0 Å². The number of ether oxygens (including phenoxy) is 1. The number of benzene rings is 1. The number of rotatable bonds is 7. The summed E-state index contributed by atoms with van der Waals surface area (Å²) in [5, 5.41) is 6.32. The fraction of sp³-hybridized carbons (Fsp3) is 0.529. The standard InChI is InChI=1S/C17H28N4O2.HI/c1-13(2)10-18-17(20-12-16(22)21(3)4)19-11-14-6-8-15(23-5)9-7-14;/h6-9,13H,10-12H2,1-5H3,(H2,18,19,20);1H. The smallest absolute Gasteiger partial charge is 0.241 e. The van der Waals surface area contributed by atoms with Gasteiger partial charge in [-0.2, -0.15) is 0 Å². The molecule has 0 aliphatic heterocycles. The van der Waals surface area contributed by atoms with E-state index in [1.165, 1.54) is 0 Å². The van der Waals surface area contributed by atoms with Gasteiger partial charge in [-0.05, 0) is 23.6 Å². The van der Waals surface area contributed by atoms with Crippen LogP contribution in [0.15, 0.2) is 29.3 Å². The van der Waals surface area contributed by atoms with E-state index < -0.39 is 0 Å². The first-order valence-corrected chi connectivity index (χ1v) is 7.77. The molecule has 0 atom stereocenters. The summed E-state index contributed by atoms with van der Waals surface area (Å²) >= 11 is 0. The first-order valence-electron chi connectivity index (χ1n) is 7.77. The van der Waals surface area contributed by atoms with E-state index in [1.54, 1.807) is 26.1 Å². The van der Waals surface area contributed by atoms with Crippen LogP contribution in [0.2, 0.25) is 0 Å². The minimum absolute atomic E-state index is 0. The molecule has 0 radical (unpaired) electrons. The molecule has 0 aliphatic rings. The van der Waals surface area contributed by atoms with Crippen LogP contribution in [0.1, 0.15) is 19.4 Å². The van der Waals surface area contributed by atoms with E-state index >= 15 is 0 Å². The van der Waals surface area contributed by atoms with Crippen molar-refractivity contribution in [1.82, 2.24) is 15.5 Å². The molecule has 0 bridgehead atoms. The average Bonchev–Trinajstić information content (AvgIpc) is 2.53. The number of likely N-dealkylation sites (N-methyl/N-ethyl adjacent to an activating group) is 1. The Morgan fingerprint density at radius 1 is 1.21 bits per heavy atom. The third-order valence-corrected chi connectivity index (χ3v) is 3.16. The molecule has 24 heavy (non-hydrogen) atoms. The number of guanidine groups is 1. The lowest BCUT2D eigenvalue weighted by Crippen LogP contribution is -2.44. The van der Waals surface area contributed by atoms with E-state index in [1.807, 2.05) is 24.3 Å². The van der Waals surface area contributed by atoms with E-state index in [-0.39, 0.29) is 36.4 Å². The number of halogens is 1. The predicted octanol–water partition coefficient (Wildman–Crippen LogP) is 2.09. The van der Waals surface area contributed by atoms with E-state index in [2.05, 4.69) is 29.5 Å². The van der Waals surface area contributed by atoms with Gasteiger partial charge in [0.2, 0.25) is 5.91 Å². The molecular formula is C17H29IN4O2. The van der Waals surface area contributed by atoms with Gasteiger partial charge < -0.3 is 20.3 Å². The zero-order chi connectivity index (χ0) is 17.2. The molecular weight excluding hydrogens is 419 g/mol. The molecule has 0 saturated heterocycles. The van der Waals surface area contributed by atoms with Gasteiger partial charge in [0.15, 0.2) is 5.96 Å². The molecule has 0 saturated carbocycles. The molecule has 7 heteroatoms. The average molecular weight is 448 g/mol. The number of hydrogen-bond donors (Lipinski definition) is 2. The van der Waals surface area contributed by atoms with Crippen LogP contribution in [0.5, 0.6) is 5.75 Å². The number of nitrogens with one attached hydrogen (secondary N) is 2. The molecule has 0 fully saturated rings. The summed E-state index contributed by atoms with van der Waals surface area (Å²) in [5.41, 5.74) is 1.08. The summed E-state index contributed by atoms with van der Waals surface area (Å²) in [6, 6.07) is 7.78. The second-order valence-electron chi connectivity index (χ2n) is 5.93. The molecule has 6 nitrogen and oxygen atoms in total. The van der Waals surface area contributed by atoms with Gasteiger partial charge >= 0.3 is 0 Å². The van der Waals surface area contributed by atoms with E-state index in [0.29, 0.717) is 18.4 Å². The van der Waals surface area contributed by atoms with Gasteiger partial charge in [-0.15, -0.1) is 24.0 Å². The quantitative estimate of drug-likeness (QED) is 0.381. The number of aliphatic imine (C=N–C) groups is 1. The molecule has 0 heterocycles. The lowest BCUT2D eigenvalue weighted by atomic mass is 10.2. The minimum Gasteiger partial charge on any atom is -0.497 e. The Morgan fingerprint density at radius 2 is 1.83 bits per heavy atom. The summed E-state index contributed by atoms with van der Waals surface area (Å²) in [7, 11) is 5.12. The van der Waals surface area contributed by atoms with Crippen LogP contribution in [-0.4, -0.2) is 51.1 Å². The zero-order valence-electron chi connectivity index (χ0n) is 15.1. The number of hydrogen-bond acceptors (Lipinski definition) is 3. The summed E-state index contributed by atoms with van der Waals surface area (Å²) < 4.78 is 5.14. The van der Waals surface area contributed by atoms with Crippen LogP contribution in [0.3, 0.4) is 0 Å². The highest BCUT2D eigenvalue weighted by molar-refractivity contribution is 14.0. The Kier molecular flexibility index (Phi) is 11.2. The Morgan fingerprint density at radius 3 is 2.33 bits per heavy atom. The minimum atomic E-state index is 0. The SMILES string of the molecule is COc1ccc(CN=C(NCC(=O)N(C)C)NCC(C)C)cc1.I. The van der Waals surface area contributed by atoms with Crippen molar-refractivity contribution < 1.29 is 9.53 Å². The van der Waals surface area contributed by atoms with Crippen molar-refractivity contribution in [2.24, 2.45) is 10.9 Å². The van der Waals surface area contributed by atoms with Crippen molar-refractivity contribution in [3.8, 4) is 5.75 Å². The van der Waals surface area contributed by atoms with Crippen molar-refractivity contribution in [3.63, 3.8) is 0 Å². The summed E-state index contributed by atoms with van der Waals surface area (Å²) in [6.07, 6.45) is 0. The second kappa shape index (κ2) is 11.9. The molecule has 136 valence electrons. The fourth-order valence-corrected chi connectivity index (χ4v) is 1.69. The van der Waals surface area contributed by atoms with Gasteiger partial charge in [0, 0.05) is 20.6 Å². The summed E-state index contributed by atoms with van der Waals surface area (Å²) in [5.74, 6) is 1.97. The van der Waals surface area contributed by atoms with Gasteiger partial charge in [0.25, 0.3) is 0 Å². The van der Waals surface area contributed by atoms with E-state index in [9.17, 15) is 4.79 Å². The molecule has 1 aromatic carbocycles. The first kappa shape index (κ1) is 22.5. The third kappa shape index (κ3) is 8.95. The zero-order valence-corrected chi connectivity index (χ0v) is 17.5. The second-order valence-corrected chi connectivity index (χ2v) is 5.93. The van der Waals surface area contributed by atoms with Crippen molar-refractivity contribution in [2.75, 3.05) is 34.3 Å². The first-order chi connectivity index (χ1) is 10.9. The fourth-order valence-electron chi connectivity index (χ4n) is 1.69. The Labute approximate surface area is 162 Å². The molecule has 1 rings (SSSR count). The van der Waals surface area contributed by atoms with Crippen LogP contribution in [0, 0.1) is 5.92 Å². The largest absolute Gasteiger partial charge is 0.497 e. The number of amides is 1. The predicted molar refractivity (Wildman–Crippen MR) is 109 cm³/mol. The number of nitrogens with zero attached hydrogens (tertiary/aromatic N) is 2. The number of methoxy groups -OCH3 is 1. The van der Waals surface area contributed by atoms with Gasteiger partial charge in [-0.25, -0.2) is 4.99 Å². The highest BCUT2D eigenvalue weighted by Gasteiger charge is 2.06. The van der Waals surface area contributed by atoms with Crippen LogP contribution in [-0.2, 0) is 11.3 Å². The number of carbonyl (C=O) groups is 1. The molecule has 1 amide bonds. The van der Waals surface area contributed by atoms with Crippen molar-refractivity contribution in [3.05, 3.63) is 29.8 Å². The maximum atomic E-state index is 11.7. The van der Waals surface area contributed by atoms with Gasteiger partial charge in [0.05, 0.1) is 20.2 Å². The van der Waals surface area contributed by atoms with Crippen LogP contribution >= 0.6 is 24.0 Å². The Bertz CT molecular complexity index is 516. The highest BCUT2D eigenvalue weighted by Crippen LogP contribution is 2.11. The van der Waals surface area contributed by atoms with Crippen molar-refractivity contribution in [1.29, 1.82) is 0 Å². The molecule has 0 aromatic heterocycles. The maximum Gasteiger partial charge on any atom is 0.241 e. The Hall–Kier alpha value is -1.51. The van der Waals surface area contributed by atoms with Gasteiger partial charge in [0.1, 0.15) is 5.75 Å². The highest BCUT2D eigenvalue weighted by atomic mass is 127. The topological polar surface area (TPSA) is 66.0 Å². The Balaban J connectivity index is 0.00000529. The molecule has 2 N–H and O–H groups in total. The van der Waals surface area contributed by atoms with Crippen LogP contribution in [0.25, 0.3) is 0 Å². The van der Waals surface area contributed by atoms with Crippen LogP contribution < -0.4 is 15.4 Å². The van der Waals surface area contributed by atoms with Crippen molar-refractivity contribution >= 4 is 35.8 Å². The molecule has 0 aliphatic carbocycles. The molecule has 0 spiro atoms. The lowest BCUT2D eigenvalue weighted by Gasteiger charge is -2.16. The maximum absolute atomic E-state index is 11.7. The monoisotopic (exact) mass is 448 g/mol. The van der Waals surface area contributed by atoms with Crippen molar-refractivity contribution in [2.45, 2.75) is 20.4 Å². The number of carbonyl (C=O) groups excluding carboxylic acids is 1. The normalized spacial score (nSPS) is 10.8. The summed E-state index contributed by atoms with van der Waals surface area (Å²) in [6.45, 7) is 5.80. The van der Waals surface area contributed by atoms with E-state index in [4.69, 9.17) is 4.74 Å². The van der Waals surface area contributed by atoms with E-state index in [0.717, 1.165) is 17.9 Å². The third-order valence-electron chi connectivity index (χ3n) is 3.16. The summed E-state index contributed by atoms with van der Waals surface area (Å²) in [4.78, 5) is 17.8.